The van der Waals surface area contributed by atoms with E-state index in [-0.39, 0.29) is 17.4 Å². The predicted molar refractivity (Wildman–Crippen MR) is 118 cm³/mol. The number of ketones is 1. The Hall–Kier alpha value is -3.36. The van der Waals surface area contributed by atoms with Gasteiger partial charge >= 0.3 is 0 Å². The van der Waals surface area contributed by atoms with Crippen molar-refractivity contribution in [2.45, 2.75) is 19.0 Å². The summed E-state index contributed by atoms with van der Waals surface area (Å²) in [6.07, 6.45) is 0. The number of anilines is 1. The molecule has 2 heterocycles. The van der Waals surface area contributed by atoms with Crippen LogP contribution in [0.2, 0.25) is 0 Å². The molecule has 0 aliphatic rings. The van der Waals surface area contributed by atoms with Crippen LogP contribution in [0.25, 0.3) is 11.4 Å². The van der Waals surface area contributed by atoms with Crippen molar-refractivity contribution in [1.29, 1.82) is 5.26 Å². The van der Waals surface area contributed by atoms with Crippen LogP contribution >= 0.6 is 23.1 Å². The molecule has 0 aliphatic carbocycles. The number of nitrogens with zero attached hydrogens (tertiary/aromatic N) is 3. The van der Waals surface area contributed by atoms with Gasteiger partial charge < -0.3 is 14.8 Å². The third-order valence-corrected chi connectivity index (χ3v) is 6.41. The highest BCUT2D eigenvalue weighted by Crippen LogP contribution is 2.33. The molecule has 160 valence electrons. The van der Waals surface area contributed by atoms with E-state index in [1.165, 1.54) is 6.92 Å². The van der Waals surface area contributed by atoms with E-state index in [1.807, 2.05) is 6.07 Å². The number of nitriles is 1. The standard InChI is InChI=1S/C20H19N5O4S2/c1-10-15(8-21)19(31-17(10)11(2)26)22-16(27)9-30-20-23-18(24-25-20)12-5-13(28-3)7-14(6-12)29-4/h5-7H,9H2,1-4H3,(H,22,27)(H,23,24,25). The largest absolute Gasteiger partial charge is 0.497 e. The van der Waals surface area contributed by atoms with Gasteiger partial charge in [-0.25, -0.2) is 4.98 Å². The van der Waals surface area contributed by atoms with Gasteiger partial charge in [-0.2, -0.15) is 5.26 Å². The van der Waals surface area contributed by atoms with E-state index in [0.29, 0.717) is 43.5 Å². The molecule has 1 amide bonds. The number of carbonyl (C=O) groups is 2. The molecule has 2 aromatic heterocycles. The molecule has 11 heteroatoms. The second-order valence-electron chi connectivity index (χ2n) is 6.33. The number of H-pyrrole nitrogens is 1. The van der Waals surface area contributed by atoms with Crippen LogP contribution in [-0.2, 0) is 4.79 Å². The van der Waals surface area contributed by atoms with E-state index < -0.39 is 0 Å². The lowest BCUT2D eigenvalue weighted by molar-refractivity contribution is -0.113. The summed E-state index contributed by atoms with van der Waals surface area (Å²) >= 11 is 2.24. The van der Waals surface area contributed by atoms with Crippen molar-refractivity contribution in [3.63, 3.8) is 0 Å². The lowest BCUT2D eigenvalue weighted by Crippen LogP contribution is -2.14. The topological polar surface area (TPSA) is 130 Å². The maximum Gasteiger partial charge on any atom is 0.235 e. The van der Waals surface area contributed by atoms with Crippen LogP contribution < -0.4 is 14.8 Å². The summed E-state index contributed by atoms with van der Waals surface area (Å²) in [6.45, 7) is 3.12. The van der Waals surface area contributed by atoms with Crippen LogP contribution in [0.4, 0.5) is 5.00 Å². The zero-order valence-corrected chi connectivity index (χ0v) is 18.9. The number of aromatic amines is 1. The maximum atomic E-state index is 12.4. The number of carbonyl (C=O) groups excluding carboxylic acids is 2. The Labute approximate surface area is 186 Å². The minimum atomic E-state index is -0.327. The minimum Gasteiger partial charge on any atom is -0.497 e. The van der Waals surface area contributed by atoms with Crippen molar-refractivity contribution < 1.29 is 19.1 Å². The summed E-state index contributed by atoms with van der Waals surface area (Å²) in [7, 11) is 3.12. The third kappa shape index (κ3) is 5.04. The number of ether oxygens (including phenoxy) is 2. The van der Waals surface area contributed by atoms with E-state index >= 15 is 0 Å². The molecule has 31 heavy (non-hydrogen) atoms. The average Bonchev–Trinajstić information content (AvgIpc) is 3.36. The summed E-state index contributed by atoms with van der Waals surface area (Å²) in [5, 5.41) is 19.8. The molecule has 0 spiro atoms. The first-order valence-electron chi connectivity index (χ1n) is 8.99. The monoisotopic (exact) mass is 457 g/mol. The van der Waals surface area contributed by atoms with E-state index in [0.717, 1.165) is 28.7 Å². The Morgan fingerprint density at radius 1 is 1.26 bits per heavy atom. The molecule has 0 saturated heterocycles. The molecule has 0 bridgehead atoms. The van der Waals surface area contributed by atoms with E-state index in [2.05, 4.69) is 20.5 Å². The van der Waals surface area contributed by atoms with Gasteiger partial charge in [0.05, 0.1) is 30.4 Å². The van der Waals surface area contributed by atoms with E-state index in [1.54, 1.807) is 39.3 Å². The van der Waals surface area contributed by atoms with Crippen molar-refractivity contribution in [3.8, 4) is 29.0 Å². The Bertz CT molecular complexity index is 1160. The third-order valence-electron chi connectivity index (χ3n) is 4.25. The number of thioether (sulfide) groups is 1. The number of methoxy groups -OCH3 is 2. The van der Waals surface area contributed by atoms with Crippen molar-refractivity contribution in [2.24, 2.45) is 0 Å². The molecule has 0 radical (unpaired) electrons. The predicted octanol–water partition coefficient (Wildman–Crippen LogP) is 3.66. The number of rotatable bonds is 8. The number of hydrogen-bond acceptors (Lipinski definition) is 9. The summed E-state index contributed by atoms with van der Waals surface area (Å²) < 4.78 is 10.5. The van der Waals surface area contributed by atoms with Gasteiger partial charge in [0.25, 0.3) is 0 Å². The van der Waals surface area contributed by atoms with Gasteiger partial charge in [-0.05, 0) is 31.5 Å². The van der Waals surface area contributed by atoms with Gasteiger partial charge in [0.2, 0.25) is 11.1 Å². The van der Waals surface area contributed by atoms with Crippen LogP contribution in [0.1, 0.15) is 27.7 Å². The van der Waals surface area contributed by atoms with Gasteiger partial charge in [-0.3, -0.25) is 14.7 Å². The molecule has 0 atom stereocenters. The van der Waals surface area contributed by atoms with Crippen LogP contribution in [0.3, 0.4) is 0 Å². The molecular weight excluding hydrogens is 438 g/mol. The average molecular weight is 458 g/mol. The first-order valence-corrected chi connectivity index (χ1v) is 10.8. The van der Waals surface area contributed by atoms with Crippen LogP contribution in [0.15, 0.2) is 23.4 Å². The summed E-state index contributed by atoms with van der Waals surface area (Å²) in [4.78, 5) is 28.9. The molecule has 0 saturated carbocycles. The fourth-order valence-electron chi connectivity index (χ4n) is 2.75. The molecule has 1 aromatic carbocycles. The Balaban J connectivity index is 1.68. The number of Topliss-reactive ketones (excluding diaryl/α,β-unsaturated/α-hetero) is 1. The molecule has 3 aromatic rings. The smallest absolute Gasteiger partial charge is 0.235 e. The van der Waals surface area contributed by atoms with Crippen molar-refractivity contribution in [2.75, 3.05) is 25.3 Å². The fourth-order valence-corrected chi connectivity index (χ4v) is 4.42. The number of aromatic nitrogens is 3. The molecule has 9 nitrogen and oxygen atoms in total. The number of nitrogens with one attached hydrogen (secondary N) is 2. The van der Waals surface area contributed by atoms with Gasteiger partial charge in [0.15, 0.2) is 11.6 Å². The van der Waals surface area contributed by atoms with Crippen LogP contribution in [0.5, 0.6) is 11.5 Å². The zero-order chi connectivity index (χ0) is 22.5. The molecule has 0 fully saturated rings. The fraction of sp³-hybridized carbons (Fsp3) is 0.250. The molecule has 2 N–H and O–H groups in total. The summed E-state index contributed by atoms with van der Waals surface area (Å²) in [5.41, 5.74) is 1.61. The molecule has 3 rings (SSSR count). The molecule has 0 aliphatic heterocycles. The molecule has 0 unspecified atom stereocenters. The van der Waals surface area contributed by atoms with E-state index in [9.17, 15) is 14.9 Å². The van der Waals surface area contributed by atoms with Crippen LogP contribution in [-0.4, -0.2) is 46.8 Å². The highest BCUT2D eigenvalue weighted by molar-refractivity contribution is 7.99. The second kappa shape index (κ2) is 9.63. The van der Waals surface area contributed by atoms with Crippen molar-refractivity contribution >= 4 is 39.8 Å². The molecular formula is C20H19N5O4S2. The normalized spacial score (nSPS) is 10.4. The minimum absolute atomic E-state index is 0.0376. The van der Waals surface area contributed by atoms with Gasteiger partial charge in [-0.1, -0.05) is 11.8 Å². The highest BCUT2D eigenvalue weighted by atomic mass is 32.2. The summed E-state index contributed by atoms with van der Waals surface area (Å²) in [6, 6.07) is 7.38. The van der Waals surface area contributed by atoms with Crippen molar-refractivity contribution in [1.82, 2.24) is 15.2 Å². The second-order valence-corrected chi connectivity index (χ2v) is 8.30. The highest BCUT2D eigenvalue weighted by Gasteiger charge is 2.19. The maximum absolute atomic E-state index is 12.4. The van der Waals surface area contributed by atoms with Gasteiger partial charge in [0.1, 0.15) is 22.6 Å². The summed E-state index contributed by atoms with van der Waals surface area (Å²) in [5.74, 6) is 1.30. The zero-order valence-electron chi connectivity index (χ0n) is 17.2. The van der Waals surface area contributed by atoms with Gasteiger partial charge in [0, 0.05) is 11.6 Å². The van der Waals surface area contributed by atoms with Crippen LogP contribution in [0, 0.1) is 18.3 Å². The first-order chi connectivity index (χ1) is 14.9. The van der Waals surface area contributed by atoms with E-state index in [4.69, 9.17) is 9.47 Å². The Kier molecular flexibility index (Phi) is 6.94. The quantitative estimate of drug-likeness (QED) is 0.387. The lowest BCUT2D eigenvalue weighted by Gasteiger charge is -2.06. The number of thiophene rings is 1. The SMILES string of the molecule is COc1cc(OC)cc(-c2nc(SCC(=O)Nc3sc(C(C)=O)c(C)c3C#N)n[nH]2)c1. The van der Waals surface area contributed by atoms with Crippen molar-refractivity contribution in [3.05, 3.63) is 34.2 Å². The lowest BCUT2D eigenvalue weighted by atomic mass is 10.1. The Morgan fingerprint density at radius 3 is 2.52 bits per heavy atom. The van der Waals surface area contributed by atoms with Gasteiger partial charge in [-0.15, -0.1) is 16.4 Å². The first kappa shape index (κ1) is 22.3. The number of benzene rings is 1. The Morgan fingerprint density at radius 2 is 1.94 bits per heavy atom. The number of hydrogen-bond donors (Lipinski definition) is 2. The number of amides is 1.